The maximum absolute atomic E-state index is 11.9. The first-order valence-electron chi connectivity index (χ1n) is 5.23. The normalized spacial score (nSPS) is 10.3. The molecule has 2 rings (SSSR count). The first-order chi connectivity index (χ1) is 8.54. The van der Waals surface area contributed by atoms with Crippen LogP contribution in [0.3, 0.4) is 0 Å². The highest BCUT2D eigenvalue weighted by molar-refractivity contribution is 5.86. The number of hydrogen-bond donors (Lipinski definition) is 2. The zero-order valence-corrected chi connectivity index (χ0v) is 9.93. The minimum Gasteiger partial charge on any atom is -0.494 e. The van der Waals surface area contributed by atoms with Crippen molar-refractivity contribution >= 4 is 5.97 Å². The average Bonchev–Trinajstić information content (AvgIpc) is 2.71. The Morgan fingerprint density at radius 1 is 1.44 bits per heavy atom. The summed E-state index contributed by atoms with van der Waals surface area (Å²) < 4.78 is 6.30. The molecule has 94 valence electrons. The highest BCUT2D eigenvalue weighted by atomic mass is 16.5. The van der Waals surface area contributed by atoms with Crippen molar-refractivity contribution in [2.75, 3.05) is 7.11 Å². The molecule has 0 spiro atoms. The summed E-state index contributed by atoms with van der Waals surface area (Å²) in [7, 11) is 1.49. The van der Waals surface area contributed by atoms with Crippen molar-refractivity contribution in [2.24, 2.45) is 0 Å². The van der Waals surface area contributed by atoms with Crippen molar-refractivity contribution in [1.29, 1.82) is 0 Å². The summed E-state index contributed by atoms with van der Waals surface area (Å²) in [5.41, 5.74) is 0.490. The Hall–Kier alpha value is -2.50. The Kier molecular flexibility index (Phi) is 2.93. The smallest absolute Gasteiger partial charge is 0.342 e. The van der Waals surface area contributed by atoms with Crippen LogP contribution < -0.4 is 10.3 Å². The third-order valence-electron chi connectivity index (χ3n) is 2.58. The molecular weight excluding hydrogens is 236 g/mol. The maximum atomic E-state index is 11.9. The molecule has 0 unspecified atom stereocenters. The Labute approximate surface area is 102 Å². The predicted octanol–water partition coefficient (Wildman–Crippen LogP) is 1.18. The van der Waals surface area contributed by atoms with Gasteiger partial charge in [0.1, 0.15) is 17.0 Å². The van der Waals surface area contributed by atoms with E-state index in [1.165, 1.54) is 7.11 Å². The van der Waals surface area contributed by atoms with Crippen LogP contribution >= 0.6 is 0 Å². The van der Waals surface area contributed by atoms with E-state index in [0.717, 1.165) is 16.4 Å². The average molecular weight is 248 g/mol. The molecule has 1 heterocycles. The number of methoxy groups -OCH3 is 1. The molecule has 1 aromatic heterocycles. The van der Waals surface area contributed by atoms with Crippen molar-refractivity contribution in [3.8, 4) is 11.4 Å². The molecule has 18 heavy (non-hydrogen) atoms. The van der Waals surface area contributed by atoms with E-state index in [9.17, 15) is 9.59 Å². The van der Waals surface area contributed by atoms with Crippen molar-refractivity contribution in [3.05, 3.63) is 45.9 Å². The molecule has 0 saturated heterocycles. The lowest BCUT2D eigenvalue weighted by atomic mass is 10.2. The van der Waals surface area contributed by atoms with Crippen molar-refractivity contribution in [3.63, 3.8) is 0 Å². The van der Waals surface area contributed by atoms with Gasteiger partial charge in [0.05, 0.1) is 7.11 Å². The molecule has 0 radical (unpaired) electrons. The van der Waals surface area contributed by atoms with Crippen molar-refractivity contribution < 1.29 is 14.6 Å². The summed E-state index contributed by atoms with van der Waals surface area (Å²) in [6.45, 7) is 1.87. The fraction of sp³-hybridized carbons (Fsp3) is 0.167. The zero-order valence-electron chi connectivity index (χ0n) is 9.93. The van der Waals surface area contributed by atoms with Crippen LogP contribution in [0, 0.1) is 6.92 Å². The highest BCUT2D eigenvalue weighted by Gasteiger charge is 2.16. The first kappa shape index (κ1) is 12.0. The molecule has 2 aromatic rings. The monoisotopic (exact) mass is 248 g/mol. The minimum atomic E-state index is -1.26. The van der Waals surface area contributed by atoms with E-state index in [2.05, 4.69) is 5.10 Å². The van der Waals surface area contributed by atoms with Gasteiger partial charge in [-0.3, -0.25) is 9.89 Å². The fourth-order valence-corrected chi connectivity index (χ4v) is 1.68. The second-order valence-electron chi connectivity index (χ2n) is 3.81. The molecule has 6 nitrogen and oxygen atoms in total. The van der Waals surface area contributed by atoms with Gasteiger partial charge >= 0.3 is 5.97 Å². The first-order valence-corrected chi connectivity index (χ1v) is 5.23. The van der Waals surface area contributed by atoms with Gasteiger partial charge in [0, 0.05) is 6.20 Å². The van der Waals surface area contributed by atoms with Crippen LogP contribution in [0.25, 0.3) is 5.69 Å². The molecule has 0 amide bonds. The highest BCUT2D eigenvalue weighted by Crippen LogP contribution is 2.22. The number of carbonyl (C=O) groups is 1. The van der Waals surface area contributed by atoms with Crippen LogP contribution in [-0.4, -0.2) is 28.0 Å². The molecule has 2 N–H and O–H groups in total. The zero-order chi connectivity index (χ0) is 13.3. The quantitative estimate of drug-likeness (QED) is 0.854. The number of benzene rings is 1. The fourth-order valence-electron chi connectivity index (χ4n) is 1.68. The number of carboxylic acid groups (broad SMARTS) is 1. The van der Waals surface area contributed by atoms with Gasteiger partial charge in [0.25, 0.3) is 5.56 Å². The van der Waals surface area contributed by atoms with E-state index >= 15 is 0 Å². The number of carboxylic acids is 1. The Bertz CT molecular complexity index is 654. The third-order valence-corrected chi connectivity index (χ3v) is 2.58. The van der Waals surface area contributed by atoms with Gasteiger partial charge in [0.15, 0.2) is 0 Å². The molecule has 6 heteroatoms. The van der Waals surface area contributed by atoms with Gasteiger partial charge in [-0.25, -0.2) is 9.48 Å². The number of nitrogens with one attached hydrogen (secondary N) is 1. The number of nitrogens with zero attached hydrogens (tertiary/aromatic N) is 1. The Morgan fingerprint density at radius 3 is 2.72 bits per heavy atom. The summed E-state index contributed by atoms with van der Waals surface area (Å²) in [5.74, 6) is -0.775. The van der Waals surface area contributed by atoms with Crippen molar-refractivity contribution in [2.45, 2.75) is 6.92 Å². The molecule has 1 aromatic carbocycles. The molecule has 0 atom stereocenters. The molecule has 0 aliphatic rings. The second kappa shape index (κ2) is 4.40. The number of aryl methyl sites for hydroxylation is 1. The predicted molar refractivity (Wildman–Crippen MR) is 64.6 cm³/mol. The van der Waals surface area contributed by atoms with Crippen LogP contribution in [0.1, 0.15) is 15.9 Å². The van der Waals surface area contributed by atoms with Gasteiger partial charge < -0.3 is 9.84 Å². The largest absolute Gasteiger partial charge is 0.494 e. The van der Waals surface area contributed by atoms with E-state index < -0.39 is 11.5 Å². The van der Waals surface area contributed by atoms with Crippen LogP contribution in [-0.2, 0) is 0 Å². The van der Waals surface area contributed by atoms with E-state index in [1.54, 1.807) is 12.1 Å². The molecule has 0 fully saturated rings. The lowest BCUT2D eigenvalue weighted by Gasteiger charge is -2.09. The van der Waals surface area contributed by atoms with E-state index in [0.29, 0.717) is 11.4 Å². The number of hydrogen-bond acceptors (Lipinski definition) is 3. The second-order valence-corrected chi connectivity index (χ2v) is 3.81. The Balaban J connectivity index is 2.66. The summed E-state index contributed by atoms with van der Waals surface area (Å²) in [6.07, 6.45) is 1.16. The SMILES string of the molecule is COc1ccc(C)cc1-n1[nH]cc(C(=O)O)c1=O. The van der Waals surface area contributed by atoms with Crippen LogP contribution in [0.2, 0.25) is 0 Å². The topological polar surface area (TPSA) is 84.3 Å². The Morgan fingerprint density at radius 2 is 2.17 bits per heavy atom. The number of aromatic amines is 1. The van der Waals surface area contributed by atoms with Gasteiger partial charge in [-0.2, -0.15) is 0 Å². The maximum Gasteiger partial charge on any atom is 0.342 e. The van der Waals surface area contributed by atoms with Gasteiger partial charge in [-0.05, 0) is 24.6 Å². The molecule has 0 bridgehead atoms. The summed E-state index contributed by atoms with van der Waals surface area (Å²) in [5, 5.41) is 11.5. The standard InChI is InChI=1S/C12H12N2O4/c1-7-3-4-10(18-2)9(5-7)14-11(15)8(6-13-14)12(16)17/h3-6,13H,1-2H3,(H,16,17). The van der Waals surface area contributed by atoms with E-state index in [4.69, 9.17) is 9.84 Å². The molecule has 0 aliphatic heterocycles. The molecular formula is C12H12N2O4. The van der Waals surface area contributed by atoms with Crippen molar-refractivity contribution in [1.82, 2.24) is 9.78 Å². The van der Waals surface area contributed by atoms with Crippen LogP contribution in [0.4, 0.5) is 0 Å². The summed E-state index contributed by atoms with van der Waals surface area (Å²) >= 11 is 0. The summed E-state index contributed by atoms with van der Waals surface area (Å²) in [6, 6.07) is 5.30. The molecule has 0 saturated carbocycles. The summed E-state index contributed by atoms with van der Waals surface area (Å²) in [4.78, 5) is 22.7. The van der Waals surface area contributed by atoms with Crippen LogP contribution in [0.5, 0.6) is 5.75 Å². The van der Waals surface area contributed by atoms with Gasteiger partial charge in [-0.1, -0.05) is 6.07 Å². The van der Waals surface area contributed by atoms with Gasteiger partial charge in [0.2, 0.25) is 0 Å². The number of aromatic carboxylic acids is 1. The number of aromatic nitrogens is 2. The van der Waals surface area contributed by atoms with E-state index in [-0.39, 0.29) is 5.56 Å². The number of H-pyrrole nitrogens is 1. The number of rotatable bonds is 3. The lowest BCUT2D eigenvalue weighted by Crippen LogP contribution is -2.20. The minimum absolute atomic E-state index is 0.307. The van der Waals surface area contributed by atoms with Crippen LogP contribution in [0.15, 0.2) is 29.2 Å². The number of ether oxygens (including phenoxy) is 1. The molecule has 0 aliphatic carbocycles. The van der Waals surface area contributed by atoms with Gasteiger partial charge in [-0.15, -0.1) is 0 Å². The third kappa shape index (κ3) is 1.88. The lowest BCUT2D eigenvalue weighted by molar-refractivity contribution is 0.0695. The van der Waals surface area contributed by atoms with E-state index in [1.807, 2.05) is 13.0 Å².